The maximum Gasteiger partial charge on any atom is 0.325 e. The molecular formula is C10H7N5O3. The van der Waals surface area contributed by atoms with E-state index in [4.69, 9.17) is 0 Å². The number of aromatic nitrogens is 4. The van der Waals surface area contributed by atoms with Gasteiger partial charge >= 0.3 is 5.69 Å². The highest BCUT2D eigenvalue weighted by Crippen LogP contribution is 2.22. The molecule has 2 N–H and O–H groups in total. The van der Waals surface area contributed by atoms with Gasteiger partial charge < -0.3 is 4.98 Å². The summed E-state index contributed by atoms with van der Waals surface area (Å²) in [5, 5.41) is 7.37. The number of nitrogens with zero attached hydrogens (tertiary/aromatic N) is 3. The van der Waals surface area contributed by atoms with Crippen LogP contribution in [0.2, 0.25) is 0 Å². The van der Waals surface area contributed by atoms with Crippen LogP contribution < -0.4 is 16.1 Å². The molecule has 90 valence electrons. The highest BCUT2D eigenvalue weighted by molar-refractivity contribution is 6.08. The number of carbonyl (C=O) groups is 1. The molecule has 0 aliphatic carbocycles. The van der Waals surface area contributed by atoms with Crippen LogP contribution in [0.25, 0.3) is 0 Å². The lowest BCUT2D eigenvalue weighted by Crippen LogP contribution is -2.33. The van der Waals surface area contributed by atoms with Gasteiger partial charge in [-0.1, -0.05) is 0 Å². The van der Waals surface area contributed by atoms with Crippen LogP contribution in [0.3, 0.4) is 0 Å². The largest absolute Gasteiger partial charge is 0.325 e. The van der Waals surface area contributed by atoms with E-state index in [1.165, 1.54) is 17.3 Å². The fourth-order valence-corrected chi connectivity index (χ4v) is 1.83. The second-order valence-corrected chi connectivity index (χ2v) is 3.75. The summed E-state index contributed by atoms with van der Waals surface area (Å²) in [5.41, 5.74) is -0.234. The van der Waals surface area contributed by atoms with Crippen molar-refractivity contribution < 1.29 is 4.79 Å². The predicted molar refractivity (Wildman–Crippen MR) is 60.2 cm³/mol. The first-order valence-electron chi connectivity index (χ1n) is 5.11. The van der Waals surface area contributed by atoms with Crippen molar-refractivity contribution in [3.8, 4) is 0 Å². The van der Waals surface area contributed by atoms with E-state index in [0.717, 1.165) is 0 Å². The molecular weight excluding hydrogens is 238 g/mol. The van der Waals surface area contributed by atoms with E-state index >= 15 is 0 Å². The normalized spacial score (nSPS) is 13.8. The minimum atomic E-state index is -0.618. The minimum Gasteiger partial charge on any atom is -0.312 e. The zero-order valence-electron chi connectivity index (χ0n) is 9.01. The van der Waals surface area contributed by atoms with Crippen molar-refractivity contribution >= 4 is 11.6 Å². The third-order valence-corrected chi connectivity index (χ3v) is 2.67. The quantitative estimate of drug-likeness (QED) is 0.670. The van der Waals surface area contributed by atoms with Crippen LogP contribution in [0.4, 0.5) is 5.69 Å². The Kier molecular flexibility index (Phi) is 2.09. The third kappa shape index (κ3) is 1.43. The van der Waals surface area contributed by atoms with E-state index in [0.29, 0.717) is 5.56 Å². The van der Waals surface area contributed by atoms with E-state index in [9.17, 15) is 14.4 Å². The molecule has 2 aromatic heterocycles. The average molecular weight is 245 g/mol. The fourth-order valence-electron chi connectivity index (χ4n) is 1.83. The number of hydrogen-bond donors (Lipinski definition) is 2. The number of carbonyl (C=O) groups excluding carboxylic acids is 1. The molecule has 0 saturated carbocycles. The van der Waals surface area contributed by atoms with Crippen molar-refractivity contribution in [3.05, 3.63) is 50.6 Å². The van der Waals surface area contributed by atoms with Gasteiger partial charge in [-0.15, -0.1) is 5.10 Å². The maximum atomic E-state index is 12.0. The topological polar surface area (TPSA) is 112 Å². The van der Waals surface area contributed by atoms with Crippen LogP contribution >= 0.6 is 0 Å². The van der Waals surface area contributed by atoms with Gasteiger partial charge in [-0.3, -0.25) is 19.5 Å². The zero-order valence-corrected chi connectivity index (χ0v) is 9.01. The molecule has 0 radical (unpaired) electrons. The molecule has 8 heteroatoms. The van der Waals surface area contributed by atoms with Crippen LogP contribution in [-0.4, -0.2) is 26.1 Å². The molecule has 3 heterocycles. The first kappa shape index (κ1) is 10.4. The molecule has 18 heavy (non-hydrogen) atoms. The smallest absolute Gasteiger partial charge is 0.312 e. The molecule has 0 atom stereocenters. The molecule has 0 spiro atoms. The Morgan fingerprint density at radius 2 is 2.11 bits per heavy atom. The van der Waals surface area contributed by atoms with Crippen molar-refractivity contribution in [2.24, 2.45) is 0 Å². The Morgan fingerprint density at radius 1 is 1.28 bits per heavy atom. The summed E-state index contributed by atoms with van der Waals surface area (Å²) in [6.07, 6.45) is 2.69. The number of aromatic amines is 2. The number of fused-ring (bicyclic) bond motifs is 1. The summed E-state index contributed by atoms with van der Waals surface area (Å²) in [4.78, 5) is 40.2. The Hall–Kier alpha value is -2.77. The number of H-pyrrole nitrogens is 2. The van der Waals surface area contributed by atoms with E-state index in [1.807, 2.05) is 0 Å². The zero-order chi connectivity index (χ0) is 12.7. The number of nitrogens with one attached hydrogen (secondary N) is 2. The summed E-state index contributed by atoms with van der Waals surface area (Å²) < 4.78 is 0. The van der Waals surface area contributed by atoms with Crippen LogP contribution in [0.1, 0.15) is 16.1 Å². The molecule has 1 aliphatic heterocycles. The maximum absolute atomic E-state index is 12.0. The molecule has 0 saturated heterocycles. The molecule has 8 nitrogen and oxygen atoms in total. The van der Waals surface area contributed by atoms with Crippen molar-refractivity contribution in [2.45, 2.75) is 6.54 Å². The Balaban J connectivity index is 2.09. The first-order valence-corrected chi connectivity index (χ1v) is 5.11. The number of amides is 1. The van der Waals surface area contributed by atoms with E-state index in [-0.39, 0.29) is 17.9 Å². The van der Waals surface area contributed by atoms with E-state index < -0.39 is 17.2 Å². The van der Waals surface area contributed by atoms with Gasteiger partial charge in [-0.2, -0.15) is 5.10 Å². The van der Waals surface area contributed by atoms with E-state index in [1.54, 1.807) is 6.07 Å². The predicted octanol–water partition coefficient (Wildman–Crippen LogP) is -0.986. The average Bonchev–Trinajstić information content (AvgIpc) is 2.68. The van der Waals surface area contributed by atoms with Gasteiger partial charge in [-0.05, 0) is 6.07 Å². The molecule has 2 aromatic rings. The number of hydrogen-bond acceptors (Lipinski definition) is 5. The molecule has 3 rings (SSSR count). The van der Waals surface area contributed by atoms with Crippen molar-refractivity contribution in [2.75, 3.05) is 4.90 Å². The Bertz CT molecular complexity index is 747. The standard InChI is InChI=1S/C10H7N5O3/c16-8-6(3-11-10(18)13-8)15-4-5-1-2-12-14-7(5)9(15)17/h1-3H,4H2,(H2,11,13,16,18). The summed E-state index contributed by atoms with van der Waals surface area (Å²) in [6, 6.07) is 1.67. The number of anilines is 1. The molecule has 0 fully saturated rings. The van der Waals surface area contributed by atoms with Gasteiger partial charge in [0.15, 0.2) is 5.69 Å². The molecule has 0 bridgehead atoms. The summed E-state index contributed by atoms with van der Waals surface area (Å²) >= 11 is 0. The van der Waals surface area contributed by atoms with Crippen molar-refractivity contribution in [3.63, 3.8) is 0 Å². The summed E-state index contributed by atoms with van der Waals surface area (Å²) in [6.45, 7) is 0.235. The number of rotatable bonds is 1. The highest BCUT2D eigenvalue weighted by atomic mass is 16.2. The molecule has 1 amide bonds. The fraction of sp³-hybridized carbons (Fsp3) is 0.100. The van der Waals surface area contributed by atoms with Crippen LogP contribution in [-0.2, 0) is 6.54 Å². The van der Waals surface area contributed by atoms with Crippen LogP contribution in [0.15, 0.2) is 28.0 Å². The highest BCUT2D eigenvalue weighted by Gasteiger charge is 2.31. The Labute approximate surface area is 99.3 Å². The minimum absolute atomic E-state index is 0.0811. The lowest BCUT2D eigenvalue weighted by Gasteiger charge is -2.12. The lowest BCUT2D eigenvalue weighted by molar-refractivity contribution is 0.0991. The van der Waals surface area contributed by atoms with Gasteiger partial charge in [0.2, 0.25) is 0 Å². The van der Waals surface area contributed by atoms with Crippen molar-refractivity contribution in [1.82, 2.24) is 20.2 Å². The van der Waals surface area contributed by atoms with E-state index in [2.05, 4.69) is 20.2 Å². The second kappa shape index (κ2) is 3.62. The molecule has 1 aliphatic rings. The Morgan fingerprint density at radius 3 is 2.83 bits per heavy atom. The molecule has 0 aromatic carbocycles. The van der Waals surface area contributed by atoms with Gasteiger partial charge in [0.1, 0.15) is 5.69 Å². The first-order chi connectivity index (χ1) is 8.66. The monoisotopic (exact) mass is 245 g/mol. The molecule has 0 unspecified atom stereocenters. The van der Waals surface area contributed by atoms with Gasteiger partial charge in [0, 0.05) is 18.0 Å². The summed E-state index contributed by atoms with van der Waals surface area (Å²) in [7, 11) is 0. The third-order valence-electron chi connectivity index (χ3n) is 2.67. The van der Waals surface area contributed by atoms with Crippen molar-refractivity contribution in [1.29, 1.82) is 0 Å². The van der Waals surface area contributed by atoms with Gasteiger partial charge in [0.05, 0.1) is 6.54 Å². The van der Waals surface area contributed by atoms with Crippen LogP contribution in [0, 0.1) is 0 Å². The lowest BCUT2D eigenvalue weighted by atomic mass is 10.2. The van der Waals surface area contributed by atoms with Gasteiger partial charge in [-0.25, -0.2) is 4.79 Å². The SMILES string of the molecule is O=C1c2nnccc2CN1c1c[nH]c(=O)[nH]c1=O. The van der Waals surface area contributed by atoms with Crippen LogP contribution in [0.5, 0.6) is 0 Å². The summed E-state index contributed by atoms with van der Waals surface area (Å²) in [5.74, 6) is -0.407. The van der Waals surface area contributed by atoms with Gasteiger partial charge in [0.25, 0.3) is 11.5 Å². The second-order valence-electron chi connectivity index (χ2n) is 3.75.